The molecule has 1 atom stereocenters. The van der Waals surface area contributed by atoms with Crippen LogP contribution >= 0.6 is 0 Å². The largest absolute Gasteiger partial charge is 0.476 e. The number of hydrogen-bond acceptors (Lipinski definition) is 5. The standard InChI is InChI=1S/C15H17N3O3/c1-2-10-3-5-11(6-4-10)13(19)8-18-14-9-16-12(7-17-14)15(20)21/h3-7,9,13,19H,2,8H2,1H3,(H,17,18)(H,20,21). The predicted octanol–water partition coefficient (Wildman–Crippen LogP) is 1.88. The third-order valence-electron chi connectivity index (χ3n) is 3.12. The maximum atomic E-state index is 10.7. The highest BCUT2D eigenvalue weighted by Gasteiger charge is 2.09. The summed E-state index contributed by atoms with van der Waals surface area (Å²) in [5.41, 5.74) is 1.92. The molecule has 1 aromatic carbocycles. The van der Waals surface area contributed by atoms with Crippen LogP contribution in [0.15, 0.2) is 36.7 Å². The number of aromatic carboxylic acids is 1. The highest BCUT2D eigenvalue weighted by atomic mass is 16.4. The van der Waals surface area contributed by atoms with Crippen LogP contribution in [0.4, 0.5) is 5.82 Å². The summed E-state index contributed by atoms with van der Waals surface area (Å²) in [7, 11) is 0. The molecule has 0 spiro atoms. The molecule has 0 saturated heterocycles. The van der Waals surface area contributed by atoms with E-state index in [0.29, 0.717) is 5.82 Å². The van der Waals surface area contributed by atoms with Gasteiger partial charge in [-0.15, -0.1) is 0 Å². The van der Waals surface area contributed by atoms with Crippen molar-refractivity contribution in [3.8, 4) is 0 Å². The molecule has 0 saturated carbocycles. The molecule has 0 bridgehead atoms. The first kappa shape index (κ1) is 14.9. The third kappa shape index (κ3) is 4.00. The van der Waals surface area contributed by atoms with Crippen molar-refractivity contribution >= 4 is 11.8 Å². The fraction of sp³-hybridized carbons (Fsp3) is 0.267. The lowest BCUT2D eigenvalue weighted by atomic mass is 10.1. The number of carboxylic acids is 1. The number of aliphatic hydroxyl groups is 1. The molecule has 2 aromatic rings. The molecule has 110 valence electrons. The number of carbonyl (C=O) groups is 1. The van der Waals surface area contributed by atoms with E-state index in [9.17, 15) is 9.90 Å². The Morgan fingerprint density at radius 2 is 1.95 bits per heavy atom. The number of aromatic nitrogens is 2. The Hall–Kier alpha value is -2.47. The van der Waals surface area contributed by atoms with E-state index >= 15 is 0 Å². The topological polar surface area (TPSA) is 95.3 Å². The van der Waals surface area contributed by atoms with Crippen molar-refractivity contribution < 1.29 is 15.0 Å². The highest BCUT2D eigenvalue weighted by molar-refractivity contribution is 5.84. The molecule has 1 aromatic heterocycles. The van der Waals surface area contributed by atoms with Crippen LogP contribution in [-0.4, -0.2) is 32.7 Å². The van der Waals surface area contributed by atoms with E-state index in [1.54, 1.807) is 0 Å². The van der Waals surface area contributed by atoms with Crippen LogP contribution in [-0.2, 0) is 6.42 Å². The van der Waals surface area contributed by atoms with Crippen LogP contribution in [0.3, 0.4) is 0 Å². The molecular weight excluding hydrogens is 270 g/mol. The minimum atomic E-state index is -1.12. The Balaban J connectivity index is 1.93. The first-order valence-corrected chi connectivity index (χ1v) is 6.66. The lowest BCUT2D eigenvalue weighted by Crippen LogP contribution is -2.13. The van der Waals surface area contributed by atoms with Gasteiger partial charge in [-0.3, -0.25) is 0 Å². The number of nitrogens with one attached hydrogen (secondary N) is 1. The fourth-order valence-electron chi connectivity index (χ4n) is 1.82. The molecule has 0 aliphatic rings. The smallest absolute Gasteiger partial charge is 0.356 e. The first-order valence-electron chi connectivity index (χ1n) is 6.66. The van der Waals surface area contributed by atoms with Crippen LogP contribution < -0.4 is 5.32 Å². The highest BCUT2D eigenvalue weighted by Crippen LogP contribution is 2.15. The van der Waals surface area contributed by atoms with Gasteiger partial charge in [0.2, 0.25) is 0 Å². The second-order valence-corrected chi connectivity index (χ2v) is 4.58. The molecule has 1 unspecified atom stereocenters. The molecular formula is C15H17N3O3. The molecule has 21 heavy (non-hydrogen) atoms. The average Bonchev–Trinajstić information content (AvgIpc) is 2.53. The van der Waals surface area contributed by atoms with Gasteiger partial charge >= 0.3 is 5.97 Å². The zero-order valence-corrected chi connectivity index (χ0v) is 11.7. The molecule has 0 aliphatic heterocycles. The van der Waals surface area contributed by atoms with Gasteiger partial charge in [0.05, 0.1) is 18.5 Å². The van der Waals surface area contributed by atoms with E-state index < -0.39 is 12.1 Å². The lowest BCUT2D eigenvalue weighted by molar-refractivity contribution is 0.0690. The molecule has 3 N–H and O–H groups in total. The van der Waals surface area contributed by atoms with Crippen molar-refractivity contribution in [1.29, 1.82) is 0 Å². The van der Waals surface area contributed by atoms with Gasteiger partial charge in [-0.1, -0.05) is 31.2 Å². The molecule has 6 nitrogen and oxygen atoms in total. The summed E-state index contributed by atoms with van der Waals surface area (Å²) in [6.45, 7) is 2.35. The maximum Gasteiger partial charge on any atom is 0.356 e. The summed E-state index contributed by atoms with van der Waals surface area (Å²) in [4.78, 5) is 18.3. The van der Waals surface area contributed by atoms with Crippen molar-refractivity contribution in [2.75, 3.05) is 11.9 Å². The molecule has 1 heterocycles. The molecule has 0 amide bonds. The minimum Gasteiger partial charge on any atom is -0.476 e. The summed E-state index contributed by atoms with van der Waals surface area (Å²) in [5, 5.41) is 21.7. The number of nitrogens with zero attached hydrogens (tertiary/aromatic N) is 2. The van der Waals surface area contributed by atoms with Crippen molar-refractivity contribution in [2.45, 2.75) is 19.4 Å². The zero-order chi connectivity index (χ0) is 15.2. The third-order valence-corrected chi connectivity index (χ3v) is 3.12. The van der Waals surface area contributed by atoms with Gasteiger partial charge < -0.3 is 15.5 Å². The summed E-state index contributed by atoms with van der Waals surface area (Å²) in [6, 6.07) is 7.76. The van der Waals surface area contributed by atoms with Crippen LogP contribution in [0.25, 0.3) is 0 Å². The SMILES string of the molecule is CCc1ccc(C(O)CNc2cnc(C(=O)O)cn2)cc1. The number of hydrogen-bond donors (Lipinski definition) is 3. The van der Waals surface area contributed by atoms with Gasteiger partial charge in [-0.05, 0) is 17.5 Å². The number of aliphatic hydroxyl groups excluding tert-OH is 1. The fourth-order valence-corrected chi connectivity index (χ4v) is 1.82. The van der Waals surface area contributed by atoms with Crippen molar-refractivity contribution in [2.24, 2.45) is 0 Å². The van der Waals surface area contributed by atoms with E-state index in [-0.39, 0.29) is 12.2 Å². The Kier molecular flexibility index (Phi) is 4.84. The predicted molar refractivity (Wildman–Crippen MR) is 78.3 cm³/mol. The normalized spacial score (nSPS) is 11.9. The molecule has 2 rings (SSSR count). The lowest BCUT2D eigenvalue weighted by Gasteiger charge is -2.13. The summed E-state index contributed by atoms with van der Waals surface area (Å²) in [5.74, 6) is -0.700. The van der Waals surface area contributed by atoms with E-state index in [1.807, 2.05) is 24.3 Å². The van der Waals surface area contributed by atoms with Crippen molar-refractivity contribution in [1.82, 2.24) is 9.97 Å². The van der Waals surface area contributed by atoms with E-state index in [2.05, 4.69) is 22.2 Å². The van der Waals surface area contributed by atoms with Gasteiger partial charge in [0, 0.05) is 6.54 Å². The maximum absolute atomic E-state index is 10.7. The molecule has 0 radical (unpaired) electrons. The van der Waals surface area contributed by atoms with E-state index in [1.165, 1.54) is 18.0 Å². The van der Waals surface area contributed by atoms with Gasteiger partial charge in [0.25, 0.3) is 0 Å². The average molecular weight is 287 g/mol. The molecule has 6 heteroatoms. The van der Waals surface area contributed by atoms with Crippen molar-refractivity contribution in [3.05, 3.63) is 53.5 Å². The van der Waals surface area contributed by atoms with E-state index in [0.717, 1.165) is 12.0 Å². The summed E-state index contributed by atoms with van der Waals surface area (Å²) in [6.07, 6.45) is 2.79. The number of carboxylic acid groups (broad SMARTS) is 1. The first-order chi connectivity index (χ1) is 10.1. The number of rotatable bonds is 6. The number of benzene rings is 1. The Morgan fingerprint density at radius 1 is 1.24 bits per heavy atom. The monoisotopic (exact) mass is 287 g/mol. The van der Waals surface area contributed by atoms with Crippen molar-refractivity contribution in [3.63, 3.8) is 0 Å². The van der Waals surface area contributed by atoms with Gasteiger partial charge in [-0.25, -0.2) is 14.8 Å². The van der Waals surface area contributed by atoms with Gasteiger partial charge in [-0.2, -0.15) is 0 Å². The second-order valence-electron chi connectivity index (χ2n) is 4.58. The Labute approximate surface area is 122 Å². The van der Waals surface area contributed by atoms with Gasteiger partial charge in [0.1, 0.15) is 5.82 Å². The van der Waals surface area contributed by atoms with Crippen LogP contribution in [0.5, 0.6) is 0 Å². The molecule has 0 aliphatic carbocycles. The Bertz CT molecular complexity index is 597. The summed E-state index contributed by atoms with van der Waals surface area (Å²) >= 11 is 0. The summed E-state index contributed by atoms with van der Waals surface area (Å²) < 4.78 is 0. The minimum absolute atomic E-state index is 0.115. The van der Waals surface area contributed by atoms with Crippen LogP contribution in [0, 0.1) is 0 Å². The number of anilines is 1. The zero-order valence-electron chi connectivity index (χ0n) is 11.7. The van der Waals surface area contributed by atoms with E-state index in [4.69, 9.17) is 5.11 Å². The van der Waals surface area contributed by atoms with Gasteiger partial charge in [0.15, 0.2) is 5.69 Å². The van der Waals surface area contributed by atoms with Crippen LogP contribution in [0.2, 0.25) is 0 Å². The Morgan fingerprint density at radius 3 is 2.48 bits per heavy atom. The van der Waals surface area contributed by atoms with Crippen LogP contribution in [0.1, 0.15) is 34.6 Å². The number of aryl methyl sites for hydroxylation is 1. The quantitative estimate of drug-likeness (QED) is 0.751. The molecule has 0 fully saturated rings. The second kappa shape index (κ2) is 6.81.